The van der Waals surface area contributed by atoms with Gasteiger partial charge in [-0.3, -0.25) is 0 Å². The van der Waals surface area contributed by atoms with Gasteiger partial charge < -0.3 is 9.88 Å². The molecule has 3 heteroatoms. The van der Waals surface area contributed by atoms with Crippen molar-refractivity contribution in [2.45, 2.75) is 51.6 Å². The molecule has 16 heavy (non-hydrogen) atoms. The molecule has 1 aliphatic carbocycles. The van der Waals surface area contributed by atoms with Gasteiger partial charge in [-0.15, -0.1) is 0 Å². The van der Waals surface area contributed by atoms with Crippen molar-refractivity contribution in [3.63, 3.8) is 0 Å². The lowest BCUT2D eigenvalue weighted by molar-refractivity contribution is 0.256. The second kappa shape index (κ2) is 5.48. The van der Waals surface area contributed by atoms with Crippen LogP contribution < -0.4 is 5.32 Å². The third kappa shape index (κ3) is 2.85. The molecule has 0 aromatic carbocycles. The summed E-state index contributed by atoms with van der Waals surface area (Å²) in [6.45, 7) is 5.65. The van der Waals surface area contributed by atoms with E-state index in [1.165, 1.54) is 25.7 Å². The van der Waals surface area contributed by atoms with Crippen LogP contribution in [-0.2, 0) is 0 Å². The summed E-state index contributed by atoms with van der Waals surface area (Å²) >= 11 is 0. The number of imidazole rings is 1. The first-order valence-corrected chi connectivity index (χ1v) is 6.48. The highest BCUT2D eigenvalue weighted by Crippen LogP contribution is 2.28. The van der Waals surface area contributed by atoms with Gasteiger partial charge in [-0.2, -0.15) is 0 Å². The van der Waals surface area contributed by atoms with Crippen molar-refractivity contribution in [2.24, 2.45) is 5.92 Å². The zero-order valence-electron chi connectivity index (χ0n) is 10.4. The molecule has 1 N–H and O–H groups in total. The second-order valence-electron chi connectivity index (χ2n) is 5.27. The van der Waals surface area contributed by atoms with E-state index in [0.29, 0.717) is 12.1 Å². The SMILES string of the molecule is CC(C)CN[C@H]1CCCC[C@H]1n1ccnc1. The molecule has 2 rings (SSSR count). The van der Waals surface area contributed by atoms with Crippen molar-refractivity contribution >= 4 is 0 Å². The molecular weight excluding hydrogens is 198 g/mol. The summed E-state index contributed by atoms with van der Waals surface area (Å²) in [5.41, 5.74) is 0. The first-order chi connectivity index (χ1) is 7.77. The molecule has 0 saturated heterocycles. The quantitative estimate of drug-likeness (QED) is 0.847. The third-order valence-electron chi connectivity index (χ3n) is 3.43. The van der Waals surface area contributed by atoms with Crippen molar-refractivity contribution in [1.82, 2.24) is 14.9 Å². The van der Waals surface area contributed by atoms with Gasteiger partial charge in [0.2, 0.25) is 0 Å². The van der Waals surface area contributed by atoms with Gasteiger partial charge in [0.15, 0.2) is 0 Å². The van der Waals surface area contributed by atoms with Crippen LogP contribution >= 0.6 is 0 Å². The highest BCUT2D eigenvalue weighted by molar-refractivity contribution is 4.90. The van der Waals surface area contributed by atoms with Crippen molar-refractivity contribution in [3.8, 4) is 0 Å². The first-order valence-electron chi connectivity index (χ1n) is 6.48. The van der Waals surface area contributed by atoms with Crippen molar-refractivity contribution < 1.29 is 0 Å². The molecule has 1 aromatic rings. The third-order valence-corrected chi connectivity index (χ3v) is 3.43. The van der Waals surface area contributed by atoms with E-state index >= 15 is 0 Å². The van der Waals surface area contributed by atoms with Crippen molar-refractivity contribution in [2.75, 3.05) is 6.54 Å². The molecule has 0 unspecified atom stereocenters. The van der Waals surface area contributed by atoms with Gasteiger partial charge in [0.25, 0.3) is 0 Å². The summed E-state index contributed by atoms with van der Waals surface area (Å²) < 4.78 is 2.27. The number of hydrogen-bond acceptors (Lipinski definition) is 2. The standard InChI is InChI=1S/C13H23N3/c1-11(2)9-15-12-5-3-4-6-13(12)16-8-7-14-10-16/h7-8,10-13,15H,3-6,9H2,1-2H3/t12-,13+/m0/s1. The summed E-state index contributed by atoms with van der Waals surface area (Å²) in [6.07, 6.45) is 11.2. The summed E-state index contributed by atoms with van der Waals surface area (Å²) in [4.78, 5) is 4.16. The molecule has 0 spiro atoms. The lowest BCUT2D eigenvalue weighted by atomic mass is 9.90. The van der Waals surface area contributed by atoms with Gasteiger partial charge in [0.05, 0.1) is 6.33 Å². The van der Waals surface area contributed by atoms with E-state index < -0.39 is 0 Å². The highest BCUT2D eigenvalue weighted by atomic mass is 15.1. The predicted molar refractivity (Wildman–Crippen MR) is 66.4 cm³/mol. The van der Waals surface area contributed by atoms with E-state index in [4.69, 9.17) is 0 Å². The minimum Gasteiger partial charge on any atom is -0.333 e. The van der Waals surface area contributed by atoms with Crippen molar-refractivity contribution in [3.05, 3.63) is 18.7 Å². The number of aromatic nitrogens is 2. The lowest BCUT2D eigenvalue weighted by Crippen LogP contribution is -2.41. The molecule has 1 heterocycles. The Morgan fingerprint density at radius 2 is 2.19 bits per heavy atom. The monoisotopic (exact) mass is 221 g/mol. The lowest BCUT2D eigenvalue weighted by Gasteiger charge is -2.33. The van der Waals surface area contributed by atoms with Crippen LogP contribution in [0.4, 0.5) is 0 Å². The number of nitrogens with zero attached hydrogens (tertiary/aromatic N) is 2. The van der Waals surface area contributed by atoms with Crippen LogP contribution in [-0.4, -0.2) is 22.1 Å². The van der Waals surface area contributed by atoms with Gasteiger partial charge in [-0.25, -0.2) is 4.98 Å². The zero-order chi connectivity index (χ0) is 11.4. The molecule has 0 bridgehead atoms. The molecule has 1 fully saturated rings. The summed E-state index contributed by atoms with van der Waals surface area (Å²) in [5, 5.41) is 3.71. The van der Waals surface area contributed by atoms with E-state index in [1.54, 1.807) is 0 Å². The van der Waals surface area contributed by atoms with E-state index in [9.17, 15) is 0 Å². The van der Waals surface area contributed by atoms with Gasteiger partial charge in [-0.05, 0) is 25.3 Å². The molecule has 2 atom stereocenters. The van der Waals surface area contributed by atoms with E-state index in [-0.39, 0.29) is 0 Å². The molecule has 1 aromatic heterocycles. The van der Waals surface area contributed by atoms with Crippen LogP contribution in [0.5, 0.6) is 0 Å². The fraction of sp³-hybridized carbons (Fsp3) is 0.769. The van der Waals surface area contributed by atoms with E-state index in [2.05, 4.69) is 34.9 Å². The minimum absolute atomic E-state index is 0.606. The highest BCUT2D eigenvalue weighted by Gasteiger charge is 2.25. The molecule has 1 saturated carbocycles. The van der Waals surface area contributed by atoms with E-state index in [0.717, 1.165) is 12.5 Å². The zero-order valence-corrected chi connectivity index (χ0v) is 10.4. The predicted octanol–water partition coefficient (Wildman–Crippen LogP) is 2.61. The Morgan fingerprint density at radius 1 is 1.38 bits per heavy atom. The topological polar surface area (TPSA) is 29.9 Å². The Morgan fingerprint density at radius 3 is 2.88 bits per heavy atom. The Labute approximate surface area is 98.3 Å². The van der Waals surface area contributed by atoms with Crippen LogP contribution in [0, 0.1) is 5.92 Å². The molecule has 0 radical (unpaired) electrons. The van der Waals surface area contributed by atoms with Gasteiger partial charge in [-0.1, -0.05) is 26.7 Å². The largest absolute Gasteiger partial charge is 0.333 e. The van der Waals surface area contributed by atoms with Crippen LogP contribution in [0.2, 0.25) is 0 Å². The van der Waals surface area contributed by atoms with Crippen LogP contribution in [0.25, 0.3) is 0 Å². The molecule has 3 nitrogen and oxygen atoms in total. The van der Waals surface area contributed by atoms with Gasteiger partial charge in [0.1, 0.15) is 0 Å². The van der Waals surface area contributed by atoms with E-state index in [1.807, 2.05) is 12.5 Å². The summed E-state index contributed by atoms with van der Waals surface area (Å²) in [6, 6.07) is 1.24. The van der Waals surface area contributed by atoms with Gasteiger partial charge >= 0.3 is 0 Å². The molecule has 0 aliphatic heterocycles. The minimum atomic E-state index is 0.606. The van der Waals surface area contributed by atoms with Crippen LogP contribution in [0.1, 0.15) is 45.6 Å². The van der Waals surface area contributed by atoms with Gasteiger partial charge in [0, 0.05) is 24.5 Å². The average Bonchev–Trinajstić information content (AvgIpc) is 2.80. The summed E-state index contributed by atoms with van der Waals surface area (Å²) in [7, 11) is 0. The number of nitrogens with one attached hydrogen (secondary N) is 1. The number of hydrogen-bond donors (Lipinski definition) is 1. The fourth-order valence-corrected chi connectivity index (χ4v) is 2.56. The molecule has 0 amide bonds. The molecular formula is C13H23N3. The smallest absolute Gasteiger partial charge is 0.0949 e. The van der Waals surface area contributed by atoms with Crippen LogP contribution in [0.3, 0.4) is 0 Å². The first kappa shape index (κ1) is 11.6. The molecule has 90 valence electrons. The maximum absolute atomic E-state index is 4.16. The summed E-state index contributed by atoms with van der Waals surface area (Å²) in [5.74, 6) is 0.727. The fourth-order valence-electron chi connectivity index (χ4n) is 2.56. The van der Waals surface area contributed by atoms with Crippen LogP contribution in [0.15, 0.2) is 18.7 Å². The maximum atomic E-state index is 4.16. The average molecular weight is 221 g/mol. The number of rotatable bonds is 4. The Kier molecular flexibility index (Phi) is 3.99. The Hall–Kier alpha value is -0.830. The normalized spacial score (nSPS) is 26.2. The maximum Gasteiger partial charge on any atom is 0.0949 e. The van der Waals surface area contributed by atoms with Crippen molar-refractivity contribution in [1.29, 1.82) is 0 Å². The molecule has 1 aliphatic rings. The second-order valence-corrected chi connectivity index (χ2v) is 5.27. The Bertz CT molecular complexity index is 292. The Balaban J connectivity index is 1.97.